The number of para-hydroxylation sites is 2. The number of hydrogen-bond donors (Lipinski definition) is 0. The summed E-state index contributed by atoms with van der Waals surface area (Å²) in [4.78, 5) is 9.93. The van der Waals surface area contributed by atoms with E-state index in [1.54, 1.807) is 0 Å². The first-order valence-electron chi connectivity index (χ1n) is 16.1. The molecule has 45 heavy (non-hydrogen) atoms. The Bertz CT molecular complexity index is 2110. The van der Waals surface area contributed by atoms with Gasteiger partial charge in [-0.3, -0.25) is 4.90 Å². The first-order chi connectivity index (χ1) is 21.6. The number of hydrogen-bond acceptors (Lipinski definition) is 3. The minimum Gasteiger partial charge on any atom is -0.309 e. The van der Waals surface area contributed by atoms with E-state index in [1.165, 1.54) is 61.2 Å². The quantitative estimate of drug-likeness (QED) is 0.207. The van der Waals surface area contributed by atoms with Crippen molar-refractivity contribution in [2.24, 2.45) is 0 Å². The largest absolute Gasteiger partial charge is 0.309 e. The molecule has 6 aromatic rings. The van der Waals surface area contributed by atoms with Gasteiger partial charge < -0.3 is 4.90 Å². The highest BCUT2D eigenvalue weighted by Gasteiger charge is 2.51. The van der Waals surface area contributed by atoms with Gasteiger partial charge in [0.25, 0.3) is 0 Å². The number of fused-ring (bicyclic) bond motifs is 1. The van der Waals surface area contributed by atoms with Crippen LogP contribution in [0.2, 0.25) is 0 Å². The molecule has 1 aromatic heterocycles. The molecule has 0 spiro atoms. The molecule has 0 bridgehead atoms. The molecule has 0 N–H and O–H groups in total. The molecule has 3 aliphatic rings. The summed E-state index contributed by atoms with van der Waals surface area (Å²) in [6.45, 7) is 14.5. The third-order valence-corrected chi connectivity index (χ3v) is 11.0. The molecule has 5 aromatic carbocycles. The molecule has 0 unspecified atom stereocenters. The number of rotatable bonds is 3. The predicted octanol–water partition coefficient (Wildman–Crippen LogP) is 11.1. The lowest BCUT2D eigenvalue weighted by Crippen LogP contribution is -2.43. The zero-order valence-electron chi connectivity index (χ0n) is 26.8. The molecule has 0 radical (unpaired) electrons. The summed E-state index contributed by atoms with van der Waals surface area (Å²) < 4.78 is 0. The molecule has 0 saturated carbocycles. The Morgan fingerprint density at radius 3 is 1.58 bits per heavy atom. The van der Waals surface area contributed by atoms with Gasteiger partial charge in [0.2, 0.25) is 0 Å². The Kier molecular flexibility index (Phi) is 5.09. The highest BCUT2D eigenvalue weighted by atomic mass is 15.2. The van der Waals surface area contributed by atoms with Gasteiger partial charge in [-0.15, -0.1) is 0 Å². The van der Waals surface area contributed by atoms with Crippen molar-refractivity contribution in [3.05, 3.63) is 149 Å². The minimum absolute atomic E-state index is 0.0988. The number of benzene rings is 5. The van der Waals surface area contributed by atoms with Crippen LogP contribution in [0.15, 0.2) is 115 Å². The summed E-state index contributed by atoms with van der Waals surface area (Å²) in [7, 11) is 0. The maximum Gasteiger partial charge on any atom is 0.137 e. The van der Waals surface area contributed by atoms with Crippen molar-refractivity contribution >= 4 is 45.0 Å². The predicted molar refractivity (Wildman–Crippen MR) is 187 cm³/mol. The van der Waals surface area contributed by atoms with Gasteiger partial charge in [0.1, 0.15) is 5.82 Å². The second-order valence-corrected chi connectivity index (χ2v) is 14.5. The molecule has 0 aliphatic carbocycles. The van der Waals surface area contributed by atoms with Crippen molar-refractivity contribution in [2.75, 3.05) is 9.80 Å². The van der Waals surface area contributed by atoms with Crippen LogP contribution >= 0.6 is 0 Å². The zero-order valence-corrected chi connectivity index (χ0v) is 26.8. The standard InChI is InChI=1S/C42H37N3/c1-40(2)29-17-12-19-31-37(29)45-38-30(40)18-13-20-32(38)42(5,6)34-25-27(24-33(39(34)45)41(31,3)4)44(36-22-9-10-23-43-36)35-21-11-15-26-14-7-8-16-28(26)35/h7-25H,1-6H3. The van der Waals surface area contributed by atoms with E-state index < -0.39 is 0 Å². The molecule has 3 aliphatic heterocycles. The summed E-state index contributed by atoms with van der Waals surface area (Å²) in [5.41, 5.74) is 14.1. The summed E-state index contributed by atoms with van der Waals surface area (Å²) in [5.74, 6) is 0.910. The van der Waals surface area contributed by atoms with Crippen molar-refractivity contribution in [3.63, 3.8) is 0 Å². The van der Waals surface area contributed by atoms with Gasteiger partial charge in [-0.25, -0.2) is 4.98 Å². The molecular weight excluding hydrogens is 546 g/mol. The van der Waals surface area contributed by atoms with Gasteiger partial charge >= 0.3 is 0 Å². The summed E-state index contributed by atoms with van der Waals surface area (Å²) in [6.07, 6.45) is 1.90. The van der Waals surface area contributed by atoms with Gasteiger partial charge in [0.05, 0.1) is 22.7 Å². The van der Waals surface area contributed by atoms with Crippen molar-refractivity contribution in [3.8, 4) is 0 Å². The van der Waals surface area contributed by atoms with E-state index in [1.807, 2.05) is 12.3 Å². The molecular formula is C42H37N3. The maximum atomic E-state index is 4.93. The Labute approximate surface area is 265 Å². The number of anilines is 6. The highest BCUT2D eigenvalue weighted by molar-refractivity contribution is 6.01. The second-order valence-electron chi connectivity index (χ2n) is 14.5. The van der Waals surface area contributed by atoms with Crippen LogP contribution < -0.4 is 9.80 Å². The van der Waals surface area contributed by atoms with Crippen molar-refractivity contribution < 1.29 is 0 Å². The van der Waals surface area contributed by atoms with Crippen LogP contribution in [0.25, 0.3) is 10.8 Å². The fourth-order valence-corrected chi connectivity index (χ4v) is 8.58. The number of aromatic nitrogens is 1. The lowest BCUT2D eigenvalue weighted by molar-refractivity contribution is 0.566. The first-order valence-corrected chi connectivity index (χ1v) is 16.1. The third kappa shape index (κ3) is 3.28. The maximum absolute atomic E-state index is 4.93. The molecule has 4 heterocycles. The summed E-state index contributed by atoms with van der Waals surface area (Å²) in [6, 6.07) is 40.3. The Morgan fingerprint density at radius 1 is 0.511 bits per heavy atom. The smallest absolute Gasteiger partial charge is 0.137 e. The first kappa shape index (κ1) is 26.5. The van der Waals surface area contributed by atoms with Crippen LogP contribution in [0, 0.1) is 0 Å². The summed E-state index contributed by atoms with van der Waals surface area (Å²) in [5, 5.41) is 2.42. The van der Waals surface area contributed by atoms with Crippen LogP contribution in [0.3, 0.4) is 0 Å². The number of pyridine rings is 1. The molecule has 9 rings (SSSR count). The van der Waals surface area contributed by atoms with Crippen LogP contribution in [0.1, 0.15) is 74.9 Å². The minimum atomic E-state index is -0.216. The average molecular weight is 584 g/mol. The lowest BCUT2D eigenvalue weighted by Gasteiger charge is -2.55. The third-order valence-electron chi connectivity index (χ3n) is 11.0. The Balaban J connectivity index is 1.41. The van der Waals surface area contributed by atoms with E-state index in [9.17, 15) is 0 Å². The van der Waals surface area contributed by atoms with Crippen LogP contribution in [-0.4, -0.2) is 4.98 Å². The van der Waals surface area contributed by atoms with Crippen molar-refractivity contribution in [1.82, 2.24) is 4.98 Å². The number of nitrogens with zero attached hydrogens (tertiary/aromatic N) is 3. The molecule has 0 amide bonds. The van der Waals surface area contributed by atoms with Gasteiger partial charge in [0.15, 0.2) is 0 Å². The monoisotopic (exact) mass is 583 g/mol. The van der Waals surface area contributed by atoms with E-state index in [0.29, 0.717) is 0 Å². The SMILES string of the molecule is CC1(C)c2cccc3c2N2c4c1cccc4C(C)(C)c1cc(N(c4ccccn4)c4cccc5ccccc45)cc(c12)C3(C)C. The van der Waals surface area contributed by atoms with Crippen LogP contribution in [0.4, 0.5) is 34.3 Å². The van der Waals surface area contributed by atoms with Crippen molar-refractivity contribution in [2.45, 2.75) is 57.8 Å². The van der Waals surface area contributed by atoms with Crippen LogP contribution in [-0.2, 0) is 16.2 Å². The van der Waals surface area contributed by atoms with E-state index in [-0.39, 0.29) is 16.2 Å². The molecule has 220 valence electrons. The zero-order chi connectivity index (χ0) is 30.9. The second kappa shape index (κ2) is 8.63. The van der Waals surface area contributed by atoms with E-state index in [0.717, 1.165) is 17.2 Å². The summed E-state index contributed by atoms with van der Waals surface area (Å²) >= 11 is 0. The fourth-order valence-electron chi connectivity index (χ4n) is 8.58. The molecule has 0 saturated heterocycles. The molecule has 0 atom stereocenters. The normalized spacial score (nSPS) is 17.2. The lowest BCUT2D eigenvalue weighted by atomic mass is 9.61. The van der Waals surface area contributed by atoms with Crippen molar-refractivity contribution in [1.29, 1.82) is 0 Å². The van der Waals surface area contributed by atoms with Gasteiger partial charge in [0, 0.05) is 33.5 Å². The topological polar surface area (TPSA) is 19.4 Å². The fraction of sp³-hybridized carbons (Fsp3) is 0.214. The van der Waals surface area contributed by atoms with Gasteiger partial charge in [-0.2, -0.15) is 0 Å². The van der Waals surface area contributed by atoms with E-state index >= 15 is 0 Å². The van der Waals surface area contributed by atoms with E-state index in [2.05, 4.69) is 154 Å². The molecule has 3 nitrogen and oxygen atoms in total. The van der Waals surface area contributed by atoms with Gasteiger partial charge in [-0.1, -0.05) is 120 Å². The highest BCUT2D eigenvalue weighted by Crippen LogP contribution is 2.66. The van der Waals surface area contributed by atoms with E-state index in [4.69, 9.17) is 4.98 Å². The average Bonchev–Trinajstić information content (AvgIpc) is 3.04. The van der Waals surface area contributed by atoms with Gasteiger partial charge in [-0.05, 0) is 69.1 Å². The molecule has 3 heteroatoms. The molecule has 0 fully saturated rings. The van der Waals surface area contributed by atoms with Crippen LogP contribution in [0.5, 0.6) is 0 Å². The Morgan fingerprint density at radius 2 is 1.00 bits per heavy atom. The Hall–Kier alpha value is -4.89.